The summed E-state index contributed by atoms with van der Waals surface area (Å²) in [5.74, 6) is -0.360. The molecule has 1 unspecified atom stereocenters. The van der Waals surface area contributed by atoms with Gasteiger partial charge in [0.1, 0.15) is 5.82 Å². The van der Waals surface area contributed by atoms with E-state index in [1.54, 1.807) is 19.2 Å². The summed E-state index contributed by atoms with van der Waals surface area (Å²) in [6, 6.07) is 4.54. The van der Waals surface area contributed by atoms with Gasteiger partial charge in [0.05, 0.1) is 11.7 Å². The molecule has 1 aliphatic rings. The van der Waals surface area contributed by atoms with Gasteiger partial charge in [0.25, 0.3) is 0 Å². The molecular formula is C14H18ClFO2. The third kappa shape index (κ3) is 3.02. The Bertz CT molecular complexity index is 413. The minimum Gasteiger partial charge on any atom is -0.393 e. The topological polar surface area (TPSA) is 29.5 Å². The summed E-state index contributed by atoms with van der Waals surface area (Å²) in [5.41, 5.74) is 0.306. The first-order chi connectivity index (χ1) is 8.54. The summed E-state index contributed by atoms with van der Waals surface area (Å²) >= 11 is 5.69. The van der Waals surface area contributed by atoms with Crippen molar-refractivity contribution in [1.29, 1.82) is 0 Å². The first-order valence-electron chi connectivity index (χ1n) is 6.22. The standard InChI is InChI=1S/C14H18ClFO2/c1-18-14(5-2-6-14)9-12(17)7-10-3-4-11(15)8-13(10)16/h3-4,8,12,17H,2,5-7,9H2,1H3. The van der Waals surface area contributed by atoms with Crippen LogP contribution in [0.15, 0.2) is 18.2 Å². The normalized spacial score (nSPS) is 19.3. The van der Waals surface area contributed by atoms with Crippen LogP contribution in [0.25, 0.3) is 0 Å². The lowest BCUT2D eigenvalue weighted by molar-refractivity contribution is -0.0989. The number of methoxy groups -OCH3 is 1. The molecule has 18 heavy (non-hydrogen) atoms. The zero-order valence-corrected chi connectivity index (χ0v) is 11.2. The molecule has 0 spiro atoms. The van der Waals surface area contributed by atoms with Gasteiger partial charge in [-0.2, -0.15) is 0 Å². The van der Waals surface area contributed by atoms with Gasteiger partial charge in [-0.3, -0.25) is 0 Å². The largest absolute Gasteiger partial charge is 0.393 e. The Kier molecular flexibility index (Phi) is 4.25. The predicted molar refractivity (Wildman–Crippen MR) is 69.3 cm³/mol. The Labute approximate surface area is 112 Å². The molecule has 4 heteroatoms. The lowest BCUT2D eigenvalue weighted by atomic mass is 9.75. The monoisotopic (exact) mass is 272 g/mol. The van der Waals surface area contributed by atoms with E-state index in [2.05, 4.69) is 0 Å². The quantitative estimate of drug-likeness (QED) is 0.891. The molecule has 100 valence electrons. The Morgan fingerprint density at radius 1 is 1.50 bits per heavy atom. The number of ether oxygens (including phenoxy) is 1. The van der Waals surface area contributed by atoms with Gasteiger partial charge in [-0.1, -0.05) is 17.7 Å². The fraction of sp³-hybridized carbons (Fsp3) is 0.571. The van der Waals surface area contributed by atoms with Crippen LogP contribution >= 0.6 is 11.6 Å². The first kappa shape index (κ1) is 13.8. The van der Waals surface area contributed by atoms with Gasteiger partial charge in [-0.15, -0.1) is 0 Å². The van der Waals surface area contributed by atoms with E-state index in [-0.39, 0.29) is 11.4 Å². The Morgan fingerprint density at radius 3 is 2.72 bits per heavy atom. The fourth-order valence-corrected chi connectivity index (χ4v) is 2.66. The van der Waals surface area contributed by atoms with Crippen LogP contribution in [0.2, 0.25) is 5.02 Å². The summed E-state index contributed by atoms with van der Waals surface area (Å²) in [7, 11) is 1.68. The van der Waals surface area contributed by atoms with Crippen LogP contribution in [0.1, 0.15) is 31.2 Å². The number of aliphatic hydroxyl groups excluding tert-OH is 1. The van der Waals surface area contributed by atoms with Gasteiger partial charge in [0, 0.05) is 25.0 Å². The van der Waals surface area contributed by atoms with Crippen LogP contribution in [-0.2, 0) is 11.2 Å². The van der Waals surface area contributed by atoms with Crippen LogP contribution in [0, 0.1) is 5.82 Å². The summed E-state index contributed by atoms with van der Waals surface area (Å²) in [6.07, 6.45) is 3.36. The second-order valence-corrected chi connectivity index (χ2v) is 5.47. The minimum atomic E-state index is -0.582. The van der Waals surface area contributed by atoms with Crippen LogP contribution in [0.3, 0.4) is 0 Å². The van der Waals surface area contributed by atoms with E-state index in [1.807, 2.05) is 0 Å². The molecule has 0 saturated heterocycles. The van der Waals surface area contributed by atoms with Crippen molar-refractivity contribution < 1.29 is 14.2 Å². The highest BCUT2D eigenvalue weighted by Gasteiger charge is 2.38. The third-order valence-corrected chi connectivity index (χ3v) is 4.01. The van der Waals surface area contributed by atoms with Crippen molar-refractivity contribution >= 4 is 11.6 Å². The fourth-order valence-electron chi connectivity index (χ4n) is 2.51. The molecule has 2 nitrogen and oxygen atoms in total. The maximum atomic E-state index is 13.6. The Morgan fingerprint density at radius 2 is 2.22 bits per heavy atom. The molecule has 2 rings (SSSR count). The van der Waals surface area contributed by atoms with Crippen LogP contribution in [-0.4, -0.2) is 23.9 Å². The second-order valence-electron chi connectivity index (χ2n) is 5.04. The van der Waals surface area contributed by atoms with Crippen molar-refractivity contribution in [2.24, 2.45) is 0 Å². The van der Waals surface area contributed by atoms with Crippen LogP contribution in [0.4, 0.5) is 4.39 Å². The van der Waals surface area contributed by atoms with Gasteiger partial charge in [-0.25, -0.2) is 4.39 Å². The van der Waals surface area contributed by atoms with E-state index in [0.29, 0.717) is 23.4 Å². The van der Waals surface area contributed by atoms with E-state index < -0.39 is 6.10 Å². The summed E-state index contributed by atoms with van der Waals surface area (Å²) in [6.45, 7) is 0. The highest BCUT2D eigenvalue weighted by atomic mass is 35.5. The van der Waals surface area contributed by atoms with E-state index >= 15 is 0 Å². The zero-order chi connectivity index (χ0) is 13.2. The van der Waals surface area contributed by atoms with Crippen molar-refractivity contribution in [3.05, 3.63) is 34.6 Å². The lowest BCUT2D eigenvalue weighted by Gasteiger charge is -2.41. The molecule has 1 atom stereocenters. The van der Waals surface area contributed by atoms with Crippen molar-refractivity contribution in [3.63, 3.8) is 0 Å². The molecular weight excluding hydrogens is 255 g/mol. The van der Waals surface area contributed by atoms with Gasteiger partial charge in [0.2, 0.25) is 0 Å². The van der Waals surface area contributed by atoms with Crippen molar-refractivity contribution in [2.45, 2.75) is 43.8 Å². The average molecular weight is 273 g/mol. The number of halogens is 2. The number of hydrogen-bond acceptors (Lipinski definition) is 2. The lowest BCUT2D eigenvalue weighted by Crippen LogP contribution is -2.42. The van der Waals surface area contributed by atoms with E-state index in [0.717, 1.165) is 19.3 Å². The molecule has 1 aliphatic carbocycles. The average Bonchev–Trinajstić information content (AvgIpc) is 2.27. The predicted octanol–water partition coefficient (Wildman–Crippen LogP) is 3.34. The van der Waals surface area contributed by atoms with Gasteiger partial charge in [0.15, 0.2) is 0 Å². The molecule has 1 N–H and O–H groups in total. The minimum absolute atomic E-state index is 0.192. The molecule has 1 saturated carbocycles. The molecule has 0 amide bonds. The molecule has 0 aliphatic heterocycles. The van der Waals surface area contributed by atoms with Gasteiger partial charge in [-0.05, 0) is 37.0 Å². The molecule has 0 aromatic heterocycles. The first-order valence-corrected chi connectivity index (χ1v) is 6.60. The third-order valence-electron chi connectivity index (χ3n) is 3.78. The highest BCUT2D eigenvalue weighted by Crippen LogP contribution is 2.39. The molecule has 0 heterocycles. The summed E-state index contributed by atoms with van der Waals surface area (Å²) in [5, 5.41) is 10.4. The number of aliphatic hydroxyl groups is 1. The maximum absolute atomic E-state index is 13.6. The number of hydrogen-bond donors (Lipinski definition) is 1. The number of rotatable bonds is 5. The maximum Gasteiger partial charge on any atom is 0.127 e. The van der Waals surface area contributed by atoms with Crippen molar-refractivity contribution in [2.75, 3.05) is 7.11 Å². The highest BCUT2D eigenvalue weighted by molar-refractivity contribution is 6.30. The molecule has 1 aromatic rings. The Hall–Kier alpha value is -0.640. The molecule has 0 bridgehead atoms. The van der Waals surface area contributed by atoms with E-state index in [4.69, 9.17) is 16.3 Å². The summed E-state index contributed by atoms with van der Waals surface area (Å²) < 4.78 is 19.1. The van der Waals surface area contributed by atoms with Crippen molar-refractivity contribution in [1.82, 2.24) is 0 Å². The van der Waals surface area contributed by atoms with Crippen LogP contribution in [0.5, 0.6) is 0 Å². The van der Waals surface area contributed by atoms with E-state index in [9.17, 15) is 9.50 Å². The molecule has 1 fully saturated rings. The van der Waals surface area contributed by atoms with Crippen LogP contribution < -0.4 is 0 Å². The molecule has 0 radical (unpaired) electrons. The second kappa shape index (κ2) is 5.55. The van der Waals surface area contributed by atoms with Gasteiger partial charge >= 0.3 is 0 Å². The smallest absolute Gasteiger partial charge is 0.127 e. The van der Waals surface area contributed by atoms with Crippen molar-refractivity contribution in [3.8, 4) is 0 Å². The van der Waals surface area contributed by atoms with E-state index in [1.165, 1.54) is 6.07 Å². The number of benzene rings is 1. The molecule has 1 aromatic carbocycles. The zero-order valence-electron chi connectivity index (χ0n) is 10.5. The Balaban J connectivity index is 1.96. The summed E-state index contributed by atoms with van der Waals surface area (Å²) in [4.78, 5) is 0. The van der Waals surface area contributed by atoms with Gasteiger partial charge < -0.3 is 9.84 Å². The SMILES string of the molecule is COC1(CC(O)Cc2ccc(Cl)cc2F)CCC1.